The van der Waals surface area contributed by atoms with Crippen molar-refractivity contribution in [1.29, 1.82) is 5.26 Å². The number of allylic oxidation sites excluding steroid dienone is 1. The molecule has 2 aromatic carbocycles. The van der Waals surface area contributed by atoms with E-state index in [0.717, 1.165) is 5.56 Å². The molecule has 0 fully saturated rings. The minimum Gasteiger partial charge on any atom is -0.496 e. The van der Waals surface area contributed by atoms with Gasteiger partial charge in [-0.1, -0.05) is 0 Å². The summed E-state index contributed by atoms with van der Waals surface area (Å²) in [6.45, 7) is 0. The molecule has 3 aromatic rings. The van der Waals surface area contributed by atoms with Crippen LogP contribution in [0, 0.1) is 27.3 Å². The fourth-order valence-electron chi connectivity index (χ4n) is 2.40. The van der Waals surface area contributed by atoms with Crippen LogP contribution in [0.25, 0.3) is 22.9 Å². The average molecular weight is 381 g/mol. The monoisotopic (exact) mass is 381 g/mol. The van der Waals surface area contributed by atoms with E-state index in [9.17, 15) is 19.8 Å². The molecule has 0 radical (unpaired) electrons. The van der Waals surface area contributed by atoms with Gasteiger partial charge >= 0.3 is 0 Å². The van der Waals surface area contributed by atoms with Crippen LogP contribution in [-0.2, 0) is 0 Å². The summed E-state index contributed by atoms with van der Waals surface area (Å²) in [7, 11) is 1.45. The van der Waals surface area contributed by atoms with Gasteiger partial charge in [-0.25, -0.2) is 9.37 Å². The van der Waals surface area contributed by atoms with Crippen molar-refractivity contribution in [3.05, 3.63) is 74.3 Å². The van der Waals surface area contributed by atoms with E-state index in [1.54, 1.807) is 17.5 Å². The van der Waals surface area contributed by atoms with Crippen molar-refractivity contribution in [1.82, 2.24) is 4.98 Å². The summed E-state index contributed by atoms with van der Waals surface area (Å²) in [6, 6.07) is 12.1. The Morgan fingerprint density at radius 2 is 2.07 bits per heavy atom. The Labute approximate surface area is 158 Å². The van der Waals surface area contributed by atoms with Gasteiger partial charge in [0.05, 0.1) is 23.3 Å². The molecular weight excluding hydrogens is 369 g/mol. The summed E-state index contributed by atoms with van der Waals surface area (Å²) >= 11 is 1.25. The Bertz CT molecular complexity index is 1070. The highest BCUT2D eigenvalue weighted by Crippen LogP contribution is 2.31. The number of hydrogen-bond acceptors (Lipinski definition) is 6. The Hall–Kier alpha value is -3.57. The second-order valence-corrected chi connectivity index (χ2v) is 6.26. The minimum absolute atomic E-state index is 0.106. The summed E-state index contributed by atoms with van der Waals surface area (Å²) in [5.41, 5.74) is 1.88. The van der Waals surface area contributed by atoms with Crippen molar-refractivity contribution in [3.63, 3.8) is 0 Å². The Morgan fingerprint density at radius 3 is 2.70 bits per heavy atom. The highest BCUT2D eigenvalue weighted by Gasteiger charge is 2.14. The standard InChI is InChI=1S/C19H12FN3O3S/c1-26-18-7-6-16(23(24)25)9-13(18)8-14(10-21)19-22-17(11-27-19)12-2-4-15(20)5-3-12/h2-9,11H,1H3. The number of nitrogens with zero attached hydrogens (tertiary/aromatic N) is 3. The van der Waals surface area contributed by atoms with Gasteiger partial charge < -0.3 is 4.74 Å². The van der Waals surface area contributed by atoms with Crippen molar-refractivity contribution < 1.29 is 14.1 Å². The smallest absolute Gasteiger partial charge is 0.270 e. The number of non-ortho nitro benzene ring substituents is 1. The molecule has 1 aromatic heterocycles. The third kappa shape index (κ3) is 3.99. The maximum atomic E-state index is 13.1. The average Bonchev–Trinajstić information content (AvgIpc) is 3.16. The molecule has 0 bridgehead atoms. The van der Waals surface area contributed by atoms with Gasteiger partial charge in [-0.3, -0.25) is 10.1 Å². The molecule has 0 spiro atoms. The molecule has 0 aliphatic rings. The number of nitro groups is 1. The molecule has 0 aliphatic heterocycles. The molecule has 8 heteroatoms. The van der Waals surface area contributed by atoms with E-state index < -0.39 is 4.92 Å². The van der Waals surface area contributed by atoms with E-state index in [1.165, 1.54) is 54.9 Å². The molecular formula is C19H12FN3O3S. The van der Waals surface area contributed by atoms with E-state index in [0.29, 0.717) is 22.0 Å². The Kier molecular flexibility index (Phi) is 5.24. The van der Waals surface area contributed by atoms with Crippen LogP contribution in [0.15, 0.2) is 47.8 Å². The van der Waals surface area contributed by atoms with E-state index >= 15 is 0 Å². The first kappa shape index (κ1) is 18.2. The van der Waals surface area contributed by atoms with Crippen LogP contribution >= 0.6 is 11.3 Å². The summed E-state index contributed by atoms with van der Waals surface area (Å²) in [5, 5.41) is 22.7. The summed E-state index contributed by atoms with van der Waals surface area (Å²) in [6.07, 6.45) is 1.50. The zero-order valence-corrected chi connectivity index (χ0v) is 14.9. The maximum Gasteiger partial charge on any atom is 0.270 e. The van der Waals surface area contributed by atoms with E-state index in [4.69, 9.17) is 4.74 Å². The van der Waals surface area contributed by atoms with Gasteiger partial charge in [0, 0.05) is 28.6 Å². The van der Waals surface area contributed by atoms with Crippen molar-refractivity contribution in [2.45, 2.75) is 0 Å². The van der Waals surface area contributed by atoms with Crippen LogP contribution in [0.2, 0.25) is 0 Å². The van der Waals surface area contributed by atoms with Crippen molar-refractivity contribution >= 4 is 28.7 Å². The van der Waals surface area contributed by atoms with Gasteiger partial charge in [0.25, 0.3) is 5.69 Å². The summed E-state index contributed by atoms with van der Waals surface area (Å²) < 4.78 is 18.3. The van der Waals surface area contributed by atoms with Crippen LogP contribution in [0.4, 0.5) is 10.1 Å². The van der Waals surface area contributed by atoms with E-state index in [1.807, 2.05) is 0 Å². The lowest BCUT2D eigenvalue weighted by atomic mass is 10.1. The zero-order chi connectivity index (χ0) is 19.4. The maximum absolute atomic E-state index is 13.1. The fourth-order valence-corrected chi connectivity index (χ4v) is 3.19. The highest BCUT2D eigenvalue weighted by atomic mass is 32.1. The number of methoxy groups -OCH3 is 1. The lowest BCUT2D eigenvalue weighted by Crippen LogP contribution is -1.92. The number of nitriles is 1. The molecule has 6 nitrogen and oxygen atoms in total. The highest BCUT2D eigenvalue weighted by molar-refractivity contribution is 7.11. The Morgan fingerprint density at radius 1 is 1.33 bits per heavy atom. The Balaban J connectivity index is 2.01. The predicted molar refractivity (Wildman–Crippen MR) is 101 cm³/mol. The molecule has 0 amide bonds. The SMILES string of the molecule is COc1ccc([N+](=O)[O-])cc1C=C(C#N)c1nc(-c2ccc(F)cc2)cs1. The molecule has 134 valence electrons. The van der Waals surface area contributed by atoms with Crippen LogP contribution < -0.4 is 4.74 Å². The van der Waals surface area contributed by atoms with Crippen molar-refractivity contribution in [2.24, 2.45) is 0 Å². The number of aromatic nitrogens is 1. The molecule has 0 atom stereocenters. The van der Waals surface area contributed by atoms with Crippen molar-refractivity contribution in [2.75, 3.05) is 7.11 Å². The molecule has 0 saturated carbocycles. The van der Waals surface area contributed by atoms with Gasteiger partial charge in [-0.05, 0) is 36.4 Å². The first-order valence-corrected chi connectivity index (χ1v) is 8.56. The molecule has 0 N–H and O–H groups in total. The summed E-state index contributed by atoms with van der Waals surface area (Å²) in [5.74, 6) is 0.0632. The van der Waals surface area contributed by atoms with Gasteiger partial charge in [0.2, 0.25) is 0 Å². The summed E-state index contributed by atoms with van der Waals surface area (Å²) in [4.78, 5) is 14.9. The second-order valence-electron chi connectivity index (χ2n) is 5.40. The van der Waals surface area contributed by atoms with Gasteiger partial charge in [-0.2, -0.15) is 5.26 Å². The third-order valence-corrected chi connectivity index (χ3v) is 4.59. The molecule has 1 heterocycles. The van der Waals surface area contributed by atoms with Crippen molar-refractivity contribution in [3.8, 4) is 23.1 Å². The molecule has 0 aliphatic carbocycles. The minimum atomic E-state index is -0.515. The van der Waals surface area contributed by atoms with E-state index in [-0.39, 0.29) is 17.1 Å². The lowest BCUT2D eigenvalue weighted by molar-refractivity contribution is -0.384. The van der Waals surface area contributed by atoms with Gasteiger partial charge in [-0.15, -0.1) is 11.3 Å². The molecule has 27 heavy (non-hydrogen) atoms. The fraction of sp³-hybridized carbons (Fsp3) is 0.0526. The topological polar surface area (TPSA) is 89.0 Å². The van der Waals surface area contributed by atoms with E-state index in [2.05, 4.69) is 11.1 Å². The number of benzene rings is 2. The number of rotatable bonds is 5. The number of hydrogen-bond donors (Lipinski definition) is 0. The number of halogens is 1. The number of thiazole rings is 1. The molecule has 0 unspecified atom stereocenters. The zero-order valence-electron chi connectivity index (χ0n) is 14.0. The number of nitro benzene ring substituents is 1. The number of ether oxygens (including phenoxy) is 1. The third-order valence-electron chi connectivity index (χ3n) is 3.72. The lowest BCUT2D eigenvalue weighted by Gasteiger charge is -2.05. The predicted octanol–water partition coefficient (Wildman–Crippen LogP) is 4.93. The van der Waals surface area contributed by atoms with Crippen LogP contribution in [0.1, 0.15) is 10.6 Å². The molecule has 3 rings (SSSR count). The van der Waals surface area contributed by atoms with Gasteiger partial charge in [0.1, 0.15) is 22.6 Å². The normalized spacial score (nSPS) is 11.1. The van der Waals surface area contributed by atoms with Crippen LogP contribution in [-0.4, -0.2) is 17.0 Å². The largest absolute Gasteiger partial charge is 0.496 e. The quantitative estimate of drug-likeness (QED) is 0.355. The van der Waals surface area contributed by atoms with Crippen LogP contribution in [0.3, 0.4) is 0 Å². The van der Waals surface area contributed by atoms with Gasteiger partial charge in [0.15, 0.2) is 0 Å². The first-order chi connectivity index (χ1) is 13.0. The first-order valence-electron chi connectivity index (χ1n) is 7.68. The molecule has 0 saturated heterocycles. The second kappa shape index (κ2) is 7.76. The van der Waals surface area contributed by atoms with Crippen LogP contribution in [0.5, 0.6) is 5.75 Å².